The number of carbonyl (C=O) groups is 1. The first-order valence-electron chi connectivity index (χ1n) is 9.80. The molecule has 0 fully saturated rings. The average Bonchev–Trinajstić information content (AvgIpc) is 3.05. The van der Waals surface area contributed by atoms with Crippen molar-refractivity contribution in [2.45, 2.75) is 52.6 Å². The quantitative estimate of drug-likeness (QED) is 0.607. The Morgan fingerprint density at radius 2 is 1.96 bits per heavy atom. The second-order valence-corrected chi connectivity index (χ2v) is 8.82. The molecule has 5 nitrogen and oxygen atoms in total. The van der Waals surface area contributed by atoms with E-state index in [2.05, 4.69) is 18.8 Å². The molecule has 0 saturated heterocycles. The van der Waals surface area contributed by atoms with Gasteiger partial charge in [-0.1, -0.05) is 26.0 Å². The minimum atomic E-state index is -0.399. The number of aromatic nitrogens is 2. The molecule has 6 heteroatoms. The van der Waals surface area contributed by atoms with Gasteiger partial charge in [-0.25, -0.2) is 9.78 Å². The summed E-state index contributed by atoms with van der Waals surface area (Å²) < 4.78 is 7.12. The molecule has 1 aromatic carbocycles. The van der Waals surface area contributed by atoms with Crippen molar-refractivity contribution in [3.8, 4) is 0 Å². The van der Waals surface area contributed by atoms with E-state index in [1.165, 1.54) is 16.5 Å². The van der Waals surface area contributed by atoms with Crippen molar-refractivity contribution < 1.29 is 9.53 Å². The summed E-state index contributed by atoms with van der Waals surface area (Å²) in [4.78, 5) is 31.4. The Hall–Kier alpha value is -2.47. The minimum Gasteiger partial charge on any atom is -0.456 e. The molecule has 146 valence electrons. The SMILES string of the molecule is CC(C)Cc1ccc(C(=O)OCc2cc(=O)n3c4c(sc3n2)CCCC4)cc1. The van der Waals surface area contributed by atoms with Gasteiger partial charge < -0.3 is 4.74 Å². The maximum Gasteiger partial charge on any atom is 0.338 e. The maximum absolute atomic E-state index is 12.6. The second kappa shape index (κ2) is 7.87. The Bertz CT molecular complexity index is 1060. The van der Waals surface area contributed by atoms with Crippen molar-refractivity contribution in [1.82, 2.24) is 9.38 Å². The number of rotatable bonds is 5. The number of ether oxygens (including phenoxy) is 1. The number of hydrogen-bond donors (Lipinski definition) is 0. The van der Waals surface area contributed by atoms with Gasteiger partial charge in [0.25, 0.3) is 5.56 Å². The molecule has 0 aliphatic heterocycles. The van der Waals surface area contributed by atoms with Crippen LogP contribution in [0.3, 0.4) is 0 Å². The van der Waals surface area contributed by atoms with Crippen molar-refractivity contribution in [3.05, 3.63) is 68.1 Å². The van der Waals surface area contributed by atoms with E-state index in [9.17, 15) is 9.59 Å². The summed E-state index contributed by atoms with van der Waals surface area (Å²) in [5, 5.41) is 0. The van der Waals surface area contributed by atoms with Gasteiger partial charge in [0.1, 0.15) is 6.61 Å². The average molecular weight is 397 g/mol. The molecule has 0 atom stereocenters. The molecule has 28 heavy (non-hydrogen) atoms. The molecule has 0 spiro atoms. The Morgan fingerprint density at radius 1 is 1.21 bits per heavy atom. The van der Waals surface area contributed by atoms with Crippen LogP contribution in [-0.4, -0.2) is 15.4 Å². The van der Waals surface area contributed by atoms with E-state index >= 15 is 0 Å². The van der Waals surface area contributed by atoms with E-state index < -0.39 is 5.97 Å². The highest BCUT2D eigenvalue weighted by Crippen LogP contribution is 2.28. The van der Waals surface area contributed by atoms with Crippen LogP contribution in [0.15, 0.2) is 35.1 Å². The molecule has 1 aliphatic carbocycles. The fourth-order valence-electron chi connectivity index (χ4n) is 3.69. The summed E-state index contributed by atoms with van der Waals surface area (Å²) in [5.41, 5.74) is 3.22. The van der Waals surface area contributed by atoms with E-state index in [1.807, 2.05) is 12.1 Å². The number of benzene rings is 1. The van der Waals surface area contributed by atoms with Gasteiger partial charge in [-0.15, -0.1) is 11.3 Å². The summed E-state index contributed by atoms with van der Waals surface area (Å²) >= 11 is 1.58. The van der Waals surface area contributed by atoms with Crippen LogP contribution >= 0.6 is 11.3 Å². The third-order valence-electron chi connectivity index (χ3n) is 5.00. The van der Waals surface area contributed by atoms with Gasteiger partial charge in [0, 0.05) is 16.6 Å². The maximum atomic E-state index is 12.6. The molecule has 0 bridgehead atoms. The van der Waals surface area contributed by atoms with Crippen molar-refractivity contribution in [2.24, 2.45) is 5.92 Å². The predicted molar refractivity (Wildman–Crippen MR) is 110 cm³/mol. The number of carbonyl (C=O) groups excluding carboxylic acids is 1. The van der Waals surface area contributed by atoms with Crippen LogP contribution in [0.5, 0.6) is 0 Å². The molecular weight excluding hydrogens is 372 g/mol. The molecule has 0 radical (unpaired) electrons. The third kappa shape index (κ3) is 3.87. The number of aryl methyl sites for hydroxylation is 2. The van der Waals surface area contributed by atoms with E-state index in [4.69, 9.17) is 4.74 Å². The summed E-state index contributed by atoms with van der Waals surface area (Å²) in [5.74, 6) is 0.171. The molecule has 3 aromatic rings. The summed E-state index contributed by atoms with van der Waals surface area (Å²) in [6.07, 6.45) is 5.20. The molecule has 2 heterocycles. The molecule has 1 aliphatic rings. The lowest BCUT2D eigenvalue weighted by atomic mass is 10.0. The van der Waals surface area contributed by atoms with Crippen LogP contribution in [0.2, 0.25) is 0 Å². The zero-order valence-electron chi connectivity index (χ0n) is 16.2. The molecule has 0 N–H and O–H groups in total. The lowest BCUT2D eigenvalue weighted by Gasteiger charge is -2.10. The van der Waals surface area contributed by atoms with Gasteiger partial charge in [-0.05, 0) is 55.7 Å². The van der Waals surface area contributed by atoms with Gasteiger partial charge in [0.05, 0.1) is 11.3 Å². The highest BCUT2D eigenvalue weighted by molar-refractivity contribution is 7.17. The van der Waals surface area contributed by atoms with Crippen LogP contribution in [0.4, 0.5) is 0 Å². The Kier molecular flexibility index (Phi) is 5.31. The summed E-state index contributed by atoms with van der Waals surface area (Å²) in [6, 6.07) is 8.98. The molecular formula is C22H24N2O3S. The number of fused-ring (bicyclic) bond motifs is 3. The van der Waals surface area contributed by atoms with Crippen molar-refractivity contribution >= 4 is 22.3 Å². The van der Waals surface area contributed by atoms with Gasteiger partial charge in [-0.2, -0.15) is 0 Å². The smallest absolute Gasteiger partial charge is 0.338 e. The molecule has 0 amide bonds. The normalized spacial score (nSPS) is 13.7. The van der Waals surface area contributed by atoms with Gasteiger partial charge in [0.2, 0.25) is 0 Å². The van der Waals surface area contributed by atoms with E-state index in [-0.39, 0.29) is 12.2 Å². The van der Waals surface area contributed by atoms with Gasteiger partial charge >= 0.3 is 5.97 Å². The van der Waals surface area contributed by atoms with Crippen LogP contribution < -0.4 is 5.56 Å². The van der Waals surface area contributed by atoms with Crippen molar-refractivity contribution in [2.75, 3.05) is 0 Å². The number of nitrogens with zero attached hydrogens (tertiary/aromatic N) is 2. The lowest BCUT2D eigenvalue weighted by Crippen LogP contribution is -2.18. The largest absolute Gasteiger partial charge is 0.456 e. The minimum absolute atomic E-state index is 0.000878. The second-order valence-electron chi connectivity index (χ2n) is 7.75. The van der Waals surface area contributed by atoms with Crippen molar-refractivity contribution in [1.29, 1.82) is 0 Å². The predicted octanol–water partition coefficient (Wildman–Crippen LogP) is 4.19. The fourth-order valence-corrected chi connectivity index (χ4v) is 4.92. The third-order valence-corrected chi connectivity index (χ3v) is 6.14. The standard InChI is InChI=1S/C22H24N2O3S/c1-14(2)11-15-7-9-16(10-8-15)21(26)27-13-17-12-20(25)24-18-5-3-4-6-19(18)28-22(24)23-17/h7-10,12,14H,3-6,11,13H2,1-2H3. The first-order valence-corrected chi connectivity index (χ1v) is 10.6. The first-order chi connectivity index (χ1) is 13.5. The summed E-state index contributed by atoms with van der Waals surface area (Å²) in [6.45, 7) is 4.33. The molecule has 0 unspecified atom stereocenters. The van der Waals surface area contributed by atoms with Crippen LogP contribution in [-0.2, 0) is 30.6 Å². The first kappa shape index (κ1) is 18.9. The fraction of sp³-hybridized carbons (Fsp3) is 0.409. The number of hydrogen-bond acceptors (Lipinski definition) is 5. The zero-order valence-corrected chi connectivity index (χ0v) is 17.1. The zero-order chi connectivity index (χ0) is 19.7. The van der Waals surface area contributed by atoms with E-state index in [0.29, 0.717) is 22.1 Å². The van der Waals surface area contributed by atoms with Gasteiger partial charge in [0.15, 0.2) is 4.96 Å². The highest BCUT2D eigenvalue weighted by atomic mass is 32.1. The van der Waals surface area contributed by atoms with Crippen LogP contribution in [0.25, 0.3) is 4.96 Å². The Morgan fingerprint density at radius 3 is 2.71 bits per heavy atom. The van der Waals surface area contributed by atoms with Crippen LogP contribution in [0, 0.1) is 5.92 Å². The molecule has 4 rings (SSSR count). The van der Waals surface area contributed by atoms with Crippen molar-refractivity contribution in [3.63, 3.8) is 0 Å². The topological polar surface area (TPSA) is 60.7 Å². The Labute approximate surface area is 168 Å². The highest BCUT2D eigenvalue weighted by Gasteiger charge is 2.19. The van der Waals surface area contributed by atoms with E-state index in [1.54, 1.807) is 27.9 Å². The molecule has 2 aromatic heterocycles. The number of esters is 1. The van der Waals surface area contributed by atoms with Crippen LogP contribution in [0.1, 0.15) is 58.9 Å². The lowest BCUT2D eigenvalue weighted by molar-refractivity contribution is 0.0468. The van der Waals surface area contributed by atoms with E-state index in [0.717, 1.165) is 37.8 Å². The monoisotopic (exact) mass is 396 g/mol. The Balaban J connectivity index is 1.48. The van der Waals surface area contributed by atoms with Gasteiger partial charge in [-0.3, -0.25) is 9.20 Å². The number of thiazole rings is 1. The molecule has 0 saturated carbocycles. The summed E-state index contributed by atoms with van der Waals surface area (Å²) in [7, 11) is 0.